The van der Waals surface area contributed by atoms with Crippen LogP contribution in [0.4, 0.5) is 0 Å². The largest absolute Gasteiger partial charge is 0.468 e. The highest BCUT2D eigenvalue weighted by Gasteiger charge is 2.17. The number of aryl methyl sites for hydroxylation is 1. The summed E-state index contributed by atoms with van der Waals surface area (Å²) < 4.78 is 6.09. The van der Waals surface area contributed by atoms with Crippen LogP contribution < -0.4 is 4.87 Å². The van der Waals surface area contributed by atoms with E-state index in [0.717, 1.165) is 17.0 Å². The van der Waals surface area contributed by atoms with Gasteiger partial charge in [0, 0.05) is 17.6 Å². The Balaban J connectivity index is 2.79. The molecule has 0 saturated carbocycles. The van der Waals surface area contributed by atoms with Gasteiger partial charge in [-0.1, -0.05) is 27.3 Å². The second-order valence-electron chi connectivity index (χ2n) is 2.74. The molecule has 4 nitrogen and oxygen atoms in total. The van der Waals surface area contributed by atoms with Crippen molar-refractivity contribution in [1.29, 1.82) is 0 Å². The van der Waals surface area contributed by atoms with Gasteiger partial charge >= 0.3 is 10.8 Å². The van der Waals surface area contributed by atoms with Crippen molar-refractivity contribution in [3.05, 3.63) is 20.7 Å². The van der Waals surface area contributed by atoms with E-state index < -0.39 is 4.83 Å². The Morgan fingerprint density at radius 1 is 1.79 bits per heavy atom. The number of halogens is 1. The topological polar surface area (TPSA) is 48.3 Å². The molecule has 0 aliphatic carbocycles. The van der Waals surface area contributed by atoms with Crippen LogP contribution in [0.5, 0.6) is 0 Å². The SMILES string of the molecule is COC(=O)C(Br)Cn1c(C)csc1=O. The van der Waals surface area contributed by atoms with Crippen LogP contribution >= 0.6 is 27.3 Å². The van der Waals surface area contributed by atoms with Gasteiger partial charge in [-0.25, -0.2) is 0 Å². The highest BCUT2D eigenvalue weighted by atomic mass is 79.9. The average Bonchev–Trinajstić information content (AvgIpc) is 2.48. The maximum atomic E-state index is 11.3. The van der Waals surface area contributed by atoms with Gasteiger partial charge in [-0.05, 0) is 6.92 Å². The van der Waals surface area contributed by atoms with E-state index in [4.69, 9.17) is 0 Å². The molecule has 0 saturated heterocycles. The first-order valence-electron chi connectivity index (χ1n) is 3.93. The molecule has 0 aliphatic heterocycles. The first kappa shape index (κ1) is 11.5. The van der Waals surface area contributed by atoms with E-state index in [1.165, 1.54) is 7.11 Å². The van der Waals surface area contributed by atoms with Crippen molar-refractivity contribution in [2.24, 2.45) is 0 Å². The molecule has 1 heterocycles. The van der Waals surface area contributed by atoms with Gasteiger partial charge in [0.05, 0.1) is 7.11 Å². The van der Waals surface area contributed by atoms with Crippen LogP contribution in [0.1, 0.15) is 5.69 Å². The molecule has 1 rings (SSSR count). The number of esters is 1. The van der Waals surface area contributed by atoms with Crippen molar-refractivity contribution >= 4 is 33.2 Å². The molecular weight excluding hydrogens is 270 g/mol. The van der Waals surface area contributed by atoms with Gasteiger partial charge in [0.2, 0.25) is 0 Å². The normalized spacial score (nSPS) is 12.5. The quantitative estimate of drug-likeness (QED) is 0.616. The minimum absolute atomic E-state index is 0.0594. The third-order valence-electron chi connectivity index (χ3n) is 1.78. The Hall–Kier alpha value is -0.620. The first-order valence-corrected chi connectivity index (χ1v) is 5.72. The van der Waals surface area contributed by atoms with Crippen molar-refractivity contribution < 1.29 is 9.53 Å². The summed E-state index contributed by atoms with van der Waals surface area (Å²) in [5.74, 6) is -0.373. The highest BCUT2D eigenvalue weighted by Crippen LogP contribution is 2.08. The van der Waals surface area contributed by atoms with Crippen LogP contribution in [0.25, 0.3) is 0 Å². The van der Waals surface area contributed by atoms with E-state index in [2.05, 4.69) is 20.7 Å². The lowest BCUT2D eigenvalue weighted by Crippen LogP contribution is -2.26. The zero-order valence-corrected chi connectivity index (χ0v) is 10.2. The summed E-state index contributed by atoms with van der Waals surface area (Å²) in [6.07, 6.45) is 0. The van der Waals surface area contributed by atoms with Crippen LogP contribution in [0.2, 0.25) is 0 Å². The summed E-state index contributed by atoms with van der Waals surface area (Å²) in [5, 5.41) is 1.76. The smallest absolute Gasteiger partial charge is 0.321 e. The molecule has 78 valence electrons. The minimum atomic E-state index is -0.474. The van der Waals surface area contributed by atoms with Crippen molar-refractivity contribution in [1.82, 2.24) is 4.57 Å². The van der Waals surface area contributed by atoms with Gasteiger partial charge in [0.25, 0.3) is 0 Å². The van der Waals surface area contributed by atoms with Crippen LogP contribution in [-0.4, -0.2) is 22.5 Å². The number of hydrogen-bond donors (Lipinski definition) is 0. The molecule has 14 heavy (non-hydrogen) atoms. The number of methoxy groups -OCH3 is 1. The lowest BCUT2D eigenvalue weighted by molar-refractivity contribution is -0.140. The van der Waals surface area contributed by atoms with E-state index in [0.29, 0.717) is 6.54 Å². The second kappa shape index (κ2) is 4.75. The molecule has 0 radical (unpaired) electrons. The van der Waals surface area contributed by atoms with Gasteiger partial charge in [-0.2, -0.15) is 0 Å². The summed E-state index contributed by atoms with van der Waals surface area (Å²) in [6, 6.07) is 0. The molecule has 0 fully saturated rings. The van der Waals surface area contributed by atoms with E-state index in [9.17, 15) is 9.59 Å². The first-order chi connectivity index (χ1) is 6.56. The number of aromatic nitrogens is 1. The summed E-state index contributed by atoms with van der Waals surface area (Å²) >= 11 is 4.29. The third-order valence-corrected chi connectivity index (χ3v) is 3.32. The molecule has 0 bridgehead atoms. The number of nitrogens with zero attached hydrogens (tertiary/aromatic N) is 1. The third kappa shape index (κ3) is 2.45. The van der Waals surface area contributed by atoms with Crippen molar-refractivity contribution in [2.75, 3.05) is 7.11 Å². The standard InChI is InChI=1S/C8H10BrNO3S/c1-5-4-14-8(12)10(5)3-6(9)7(11)13-2/h4,6H,3H2,1-2H3. The fourth-order valence-corrected chi connectivity index (χ4v) is 2.21. The lowest BCUT2D eigenvalue weighted by Gasteiger charge is -2.08. The molecule has 6 heteroatoms. The van der Waals surface area contributed by atoms with Gasteiger partial charge in [-0.15, -0.1) is 0 Å². The number of alkyl halides is 1. The number of thiazole rings is 1. The number of ether oxygens (including phenoxy) is 1. The van der Waals surface area contributed by atoms with Crippen molar-refractivity contribution in [3.63, 3.8) is 0 Å². The molecule has 0 amide bonds. The maximum Gasteiger partial charge on any atom is 0.321 e. The van der Waals surface area contributed by atoms with Crippen LogP contribution in [0, 0.1) is 6.92 Å². The predicted molar refractivity (Wildman–Crippen MR) is 58.0 cm³/mol. The Morgan fingerprint density at radius 3 is 2.86 bits per heavy atom. The van der Waals surface area contributed by atoms with E-state index in [-0.39, 0.29) is 10.8 Å². The average molecular weight is 280 g/mol. The number of hydrogen-bond acceptors (Lipinski definition) is 4. The van der Waals surface area contributed by atoms with Crippen LogP contribution in [-0.2, 0) is 16.1 Å². The molecule has 1 unspecified atom stereocenters. The fraction of sp³-hybridized carbons (Fsp3) is 0.500. The highest BCUT2D eigenvalue weighted by molar-refractivity contribution is 9.10. The molecule has 1 aromatic rings. The molecule has 0 aliphatic rings. The Bertz CT molecular complexity index is 384. The molecular formula is C8H10BrNO3S. The Labute approximate surface area is 93.6 Å². The van der Waals surface area contributed by atoms with Crippen molar-refractivity contribution in [3.8, 4) is 0 Å². The number of rotatable bonds is 3. The summed E-state index contributed by atoms with van der Waals surface area (Å²) in [4.78, 5) is 21.8. The van der Waals surface area contributed by atoms with Crippen molar-refractivity contribution in [2.45, 2.75) is 18.3 Å². The zero-order chi connectivity index (χ0) is 10.7. The predicted octanol–water partition coefficient (Wildman–Crippen LogP) is 1.15. The fourth-order valence-electron chi connectivity index (χ4n) is 0.988. The molecule has 0 N–H and O–H groups in total. The second-order valence-corrected chi connectivity index (χ2v) is 4.67. The molecule has 0 spiro atoms. The van der Waals surface area contributed by atoms with E-state index >= 15 is 0 Å². The number of carbonyl (C=O) groups is 1. The maximum absolute atomic E-state index is 11.3. The number of carbonyl (C=O) groups excluding carboxylic acids is 1. The van der Waals surface area contributed by atoms with Gasteiger partial charge in [0.1, 0.15) is 4.83 Å². The van der Waals surface area contributed by atoms with E-state index in [1.807, 2.05) is 6.92 Å². The van der Waals surface area contributed by atoms with Gasteiger partial charge in [-0.3, -0.25) is 9.59 Å². The lowest BCUT2D eigenvalue weighted by atomic mass is 10.4. The zero-order valence-electron chi connectivity index (χ0n) is 7.82. The molecule has 1 aromatic heterocycles. The Kier molecular flexibility index (Phi) is 3.88. The summed E-state index contributed by atoms with van der Waals surface area (Å²) in [6.45, 7) is 2.13. The van der Waals surface area contributed by atoms with Gasteiger partial charge in [0.15, 0.2) is 0 Å². The Morgan fingerprint density at radius 2 is 2.43 bits per heavy atom. The summed E-state index contributed by atoms with van der Waals surface area (Å²) in [7, 11) is 1.32. The molecule has 0 aromatic carbocycles. The minimum Gasteiger partial charge on any atom is -0.468 e. The monoisotopic (exact) mass is 279 g/mol. The molecule has 1 atom stereocenters. The van der Waals surface area contributed by atoms with Gasteiger partial charge < -0.3 is 9.30 Å². The van der Waals surface area contributed by atoms with Crippen LogP contribution in [0.15, 0.2) is 10.2 Å². The summed E-state index contributed by atoms with van der Waals surface area (Å²) in [5.41, 5.74) is 0.855. The van der Waals surface area contributed by atoms with E-state index in [1.54, 1.807) is 9.95 Å². The van der Waals surface area contributed by atoms with Crippen LogP contribution in [0.3, 0.4) is 0 Å².